The number of rotatable bonds is 4. The van der Waals surface area contributed by atoms with Gasteiger partial charge in [0, 0.05) is 35.8 Å². The van der Waals surface area contributed by atoms with E-state index < -0.39 is 0 Å². The summed E-state index contributed by atoms with van der Waals surface area (Å²) in [4.78, 5) is 2.59. The van der Waals surface area contributed by atoms with Crippen molar-refractivity contribution in [3.8, 4) is 0 Å². The number of nitrogens with one attached hydrogen (secondary N) is 1. The summed E-state index contributed by atoms with van der Waals surface area (Å²) in [5.74, 6) is 0.774. The van der Waals surface area contributed by atoms with Gasteiger partial charge in [0.25, 0.3) is 0 Å². The van der Waals surface area contributed by atoms with Crippen molar-refractivity contribution in [2.24, 2.45) is 5.92 Å². The fraction of sp³-hybridized carbons (Fsp3) is 0.625. The maximum atomic E-state index is 3.69. The summed E-state index contributed by atoms with van der Waals surface area (Å²) in [7, 11) is 0. The molecule has 0 aromatic heterocycles. The van der Waals surface area contributed by atoms with Crippen molar-refractivity contribution in [2.75, 3.05) is 25.0 Å². The first kappa shape index (κ1) is 14.9. The molecule has 1 saturated heterocycles. The van der Waals surface area contributed by atoms with Crippen molar-refractivity contribution in [2.45, 2.75) is 39.7 Å². The van der Waals surface area contributed by atoms with Crippen LogP contribution < -0.4 is 5.32 Å². The normalized spacial score (nSPS) is 17.9. The lowest BCUT2D eigenvalue weighted by Gasteiger charge is -2.34. The third kappa shape index (κ3) is 4.50. The van der Waals surface area contributed by atoms with E-state index in [4.69, 9.17) is 0 Å². The molecule has 1 aliphatic rings. The molecule has 1 aliphatic heterocycles. The first-order chi connectivity index (χ1) is 9.04. The number of aryl methyl sites for hydroxylation is 1. The predicted molar refractivity (Wildman–Crippen MR) is 86.8 cm³/mol. The van der Waals surface area contributed by atoms with Crippen LogP contribution in [0.2, 0.25) is 0 Å². The minimum atomic E-state index is 0.613. The van der Waals surface area contributed by atoms with Crippen LogP contribution >= 0.6 is 15.9 Å². The van der Waals surface area contributed by atoms with Gasteiger partial charge in [0.05, 0.1) is 0 Å². The number of likely N-dealkylation sites (tertiary alicyclic amines) is 1. The van der Waals surface area contributed by atoms with Gasteiger partial charge in [0.2, 0.25) is 0 Å². The molecule has 1 aromatic carbocycles. The molecular weight excluding hydrogens is 300 g/mol. The highest BCUT2D eigenvalue weighted by molar-refractivity contribution is 9.10. The second-order valence-corrected chi connectivity index (χ2v) is 6.95. The van der Waals surface area contributed by atoms with E-state index in [2.05, 4.69) is 65.1 Å². The SMILES string of the molecule is Cc1ccc(Br)c(NC2CCN(CC(C)C)CC2)c1. The predicted octanol–water partition coefficient (Wildman–Crippen LogP) is 4.29. The van der Waals surface area contributed by atoms with Crippen LogP contribution in [0.1, 0.15) is 32.3 Å². The Kier molecular flexibility index (Phi) is 5.28. The van der Waals surface area contributed by atoms with Gasteiger partial charge in [-0.25, -0.2) is 0 Å². The highest BCUT2D eigenvalue weighted by atomic mass is 79.9. The Labute approximate surface area is 125 Å². The number of hydrogen-bond donors (Lipinski definition) is 1. The summed E-state index contributed by atoms with van der Waals surface area (Å²) in [6, 6.07) is 7.11. The van der Waals surface area contributed by atoms with Gasteiger partial charge in [-0.2, -0.15) is 0 Å². The van der Waals surface area contributed by atoms with Crippen molar-refractivity contribution >= 4 is 21.6 Å². The van der Waals surface area contributed by atoms with Gasteiger partial charge < -0.3 is 10.2 Å². The second kappa shape index (κ2) is 6.76. The third-order valence-electron chi connectivity index (χ3n) is 3.69. The fourth-order valence-electron chi connectivity index (χ4n) is 2.75. The van der Waals surface area contributed by atoms with Crippen molar-refractivity contribution in [1.82, 2.24) is 4.90 Å². The lowest BCUT2D eigenvalue weighted by Crippen LogP contribution is -2.40. The molecule has 1 N–H and O–H groups in total. The molecule has 2 rings (SSSR count). The third-order valence-corrected chi connectivity index (χ3v) is 4.38. The minimum Gasteiger partial charge on any atom is -0.381 e. The quantitative estimate of drug-likeness (QED) is 0.888. The van der Waals surface area contributed by atoms with Gasteiger partial charge in [0.15, 0.2) is 0 Å². The molecule has 0 saturated carbocycles. The van der Waals surface area contributed by atoms with Crippen LogP contribution in [0.5, 0.6) is 0 Å². The fourth-order valence-corrected chi connectivity index (χ4v) is 3.11. The van der Waals surface area contributed by atoms with E-state index in [1.54, 1.807) is 0 Å². The topological polar surface area (TPSA) is 15.3 Å². The van der Waals surface area contributed by atoms with E-state index in [0.717, 1.165) is 5.92 Å². The Morgan fingerprint density at radius 2 is 2.00 bits per heavy atom. The smallest absolute Gasteiger partial charge is 0.0489 e. The molecule has 0 aliphatic carbocycles. The zero-order valence-electron chi connectivity index (χ0n) is 12.2. The molecule has 3 heteroatoms. The highest BCUT2D eigenvalue weighted by Crippen LogP contribution is 2.26. The maximum Gasteiger partial charge on any atom is 0.0489 e. The van der Waals surface area contributed by atoms with Crippen LogP contribution in [-0.4, -0.2) is 30.6 Å². The van der Waals surface area contributed by atoms with E-state index in [-0.39, 0.29) is 0 Å². The Morgan fingerprint density at radius 1 is 1.32 bits per heavy atom. The molecule has 0 unspecified atom stereocenters. The zero-order valence-corrected chi connectivity index (χ0v) is 13.8. The van der Waals surface area contributed by atoms with Gasteiger partial charge in [-0.3, -0.25) is 0 Å². The first-order valence-electron chi connectivity index (χ1n) is 7.29. The Bertz CT molecular complexity index is 409. The number of anilines is 1. The monoisotopic (exact) mass is 324 g/mol. The summed E-state index contributed by atoms with van der Waals surface area (Å²) >= 11 is 3.63. The van der Waals surface area contributed by atoms with E-state index in [9.17, 15) is 0 Å². The number of piperidine rings is 1. The van der Waals surface area contributed by atoms with E-state index in [1.807, 2.05) is 0 Å². The van der Waals surface area contributed by atoms with Gasteiger partial charge in [-0.15, -0.1) is 0 Å². The van der Waals surface area contributed by atoms with Gasteiger partial charge >= 0.3 is 0 Å². The maximum absolute atomic E-state index is 3.69. The largest absolute Gasteiger partial charge is 0.381 e. The Balaban J connectivity index is 1.87. The molecule has 106 valence electrons. The number of benzene rings is 1. The molecule has 1 aromatic rings. The molecule has 2 nitrogen and oxygen atoms in total. The van der Waals surface area contributed by atoms with Crippen LogP contribution in [0.25, 0.3) is 0 Å². The van der Waals surface area contributed by atoms with Crippen LogP contribution in [0, 0.1) is 12.8 Å². The average Bonchev–Trinajstić information content (AvgIpc) is 2.35. The van der Waals surface area contributed by atoms with Crippen LogP contribution in [0.3, 0.4) is 0 Å². The molecule has 0 radical (unpaired) electrons. The van der Waals surface area contributed by atoms with Crippen LogP contribution in [-0.2, 0) is 0 Å². The molecule has 0 bridgehead atoms. The van der Waals surface area contributed by atoms with E-state index >= 15 is 0 Å². The molecule has 0 atom stereocenters. The van der Waals surface area contributed by atoms with Crippen molar-refractivity contribution < 1.29 is 0 Å². The summed E-state index contributed by atoms with van der Waals surface area (Å²) in [6.45, 7) is 10.4. The summed E-state index contributed by atoms with van der Waals surface area (Å²) in [5.41, 5.74) is 2.55. The lowest BCUT2D eigenvalue weighted by atomic mass is 10.0. The van der Waals surface area contributed by atoms with Crippen LogP contribution in [0.15, 0.2) is 22.7 Å². The standard InChI is InChI=1S/C16H25BrN2/c1-12(2)11-19-8-6-14(7-9-19)18-16-10-13(3)4-5-15(16)17/h4-5,10,12,14,18H,6-9,11H2,1-3H3. The molecule has 0 spiro atoms. The number of hydrogen-bond acceptors (Lipinski definition) is 2. The lowest BCUT2D eigenvalue weighted by molar-refractivity contribution is 0.198. The van der Waals surface area contributed by atoms with Crippen molar-refractivity contribution in [3.63, 3.8) is 0 Å². The van der Waals surface area contributed by atoms with Gasteiger partial charge in [-0.1, -0.05) is 19.9 Å². The first-order valence-corrected chi connectivity index (χ1v) is 8.09. The van der Waals surface area contributed by atoms with Gasteiger partial charge in [-0.05, 0) is 59.3 Å². The van der Waals surface area contributed by atoms with E-state index in [0.29, 0.717) is 6.04 Å². The molecular formula is C16H25BrN2. The molecule has 1 fully saturated rings. The van der Waals surface area contributed by atoms with Crippen LogP contribution in [0.4, 0.5) is 5.69 Å². The van der Waals surface area contributed by atoms with Crippen molar-refractivity contribution in [1.29, 1.82) is 0 Å². The highest BCUT2D eigenvalue weighted by Gasteiger charge is 2.19. The summed E-state index contributed by atoms with van der Waals surface area (Å²) in [5, 5.41) is 3.69. The molecule has 19 heavy (non-hydrogen) atoms. The zero-order chi connectivity index (χ0) is 13.8. The minimum absolute atomic E-state index is 0.613. The summed E-state index contributed by atoms with van der Waals surface area (Å²) in [6.07, 6.45) is 2.49. The molecule has 1 heterocycles. The molecule has 0 amide bonds. The Hall–Kier alpha value is -0.540. The summed E-state index contributed by atoms with van der Waals surface area (Å²) < 4.78 is 1.17. The van der Waals surface area contributed by atoms with Crippen molar-refractivity contribution in [3.05, 3.63) is 28.2 Å². The number of nitrogens with zero attached hydrogens (tertiary/aromatic N) is 1. The number of halogens is 1. The van der Waals surface area contributed by atoms with Gasteiger partial charge in [0.1, 0.15) is 0 Å². The van der Waals surface area contributed by atoms with E-state index in [1.165, 1.54) is 48.2 Å². The Morgan fingerprint density at radius 3 is 2.63 bits per heavy atom. The second-order valence-electron chi connectivity index (χ2n) is 6.10. The average molecular weight is 325 g/mol.